The van der Waals surface area contributed by atoms with Crippen LogP contribution in [0.4, 0.5) is 11.4 Å². The second kappa shape index (κ2) is 6.38. The lowest BCUT2D eigenvalue weighted by atomic mass is 10.2. The number of nitrogens with zero attached hydrogens (tertiary/aromatic N) is 2. The lowest BCUT2D eigenvalue weighted by Gasteiger charge is -2.06. The van der Waals surface area contributed by atoms with E-state index >= 15 is 0 Å². The number of aromatic nitrogens is 1. The summed E-state index contributed by atoms with van der Waals surface area (Å²) in [5, 5.41) is 13.5. The number of pyridine rings is 1. The summed E-state index contributed by atoms with van der Waals surface area (Å²) in [6.07, 6.45) is 1.28. The van der Waals surface area contributed by atoms with Crippen LogP contribution in [0.5, 0.6) is 0 Å². The Kier molecular flexibility index (Phi) is 4.76. The molecule has 1 aromatic carbocycles. The topological polar surface area (TPSA) is 85.1 Å². The minimum absolute atomic E-state index is 0.0933. The molecule has 2 rings (SSSR count). The van der Waals surface area contributed by atoms with E-state index in [-0.39, 0.29) is 25.9 Å². The third-order valence-corrected chi connectivity index (χ3v) is 3.78. The van der Waals surface area contributed by atoms with Gasteiger partial charge in [0.15, 0.2) is 0 Å². The maximum atomic E-state index is 12.0. The van der Waals surface area contributed by atoms with Crippen LogP contribution in [0.15, 0.2) is 34.9 Å². The molecule has 0 aliphatic carbocycles. The smallest absolute Gasteiger partial charge is 0.283 e. The first kappa shape index (κ1) is 15.7. The number of halogens is 3. The van der Waals surface area contributed by atoms with Crippen LogP contribution in [0.1, 0.15) is 10.4 Å². The van der Waals surface area contributed by atoms with Crippen molar-refractivity contribution < 1.29 is 9.72 Å². The van der Waals surface area contributed by atoms with E-state index in [0.29, 0.717) is 5.69 Å². The number of carbonyl (C=O) groups is 1. The molecule has 0 fully saturated rings. The summed E-state index contributed by atoms with van der Waals surface area (Å²) in [6.45, 7) is 0. The van der Waals surface area contributed by atoms with E-state index in [1.165, 1.54) is 30.5 Å². The largest absolute Gasteiger partial charge is 0.322 e. The molecule has 1 N–H and O–H groups in total. The minimum atomic E-state index is -0.529. The molecule has 21 heavy (non-hydrogen) atoms. The lowest BCUT2D eigenvalue weighted by molar-refractivity contribution is -0.385. The lowest BCUT2D eigenvalue weighted by Crippen LogP contribution is -2.12. The molecule has 2 aromatic rings. The van der Waals surface area contributed by atoms with Gasteiger partial charge in [0.2, 0.25) is 0 Å². The van der Waals surface area contributed by atoms with Crippen molar-refractivity contribution in [3.8, 4) is 0 Å². The Morgan fingerprint density at radius 3 is 2.62 bits per heavy atom. The number of rotatable bonds is 3. The molecule has 0 spiro atoms. The maximum Gasteiger partial charge on any atom is 0.283 e. The highest BCUT2D eigenvalue weighted by molar-refractivity contribution is 9.10. The van der Waals surface area contributed by atoms with Gasteiger partial charge >= 0.3 is 0 Å². The average Bonchev–Trinajstić information content (AvgIpc) is 2.41. The summed E-state index contributed by atoms with van der Waals surface area (Å²) in [7, 11) is 0. The van der Waals surface area contributed by atoms with Crippen LogP contribution >= 0.6 is 39.1 Å². The number of hydrogen-bond donors (Lipinski definition) is 1. The highest BCUT2D eigenvalue weighted by Gasteiger charge is 2.14. The van der Waals surface area contributed by atoms with Gasteiger partial charge in [-0.3, -0.25) is 14.9 Å². The van der Waals surface area contributed by atoms with Gasteiger partial charge in [-0.1, -0.05) is 23.2 Å². The zero-order valence-corrected chi connectivity index (χ0v) is 13.2. The van der Waals surface area contributed by atoms with Crippen molar-refractivity contribution in [1.29, 1.82) is 0 Å². The molecular weight excluding hydrogens is 385 g/mol. The molecule has 108 valence electrons. The number of nitrogens with one attached hydrogen (secondary N) is 1. The summed E-state index contributed by atoms with van der Waals surface area (Å²) in [5.41, 5.74) is 0.520. The van der Waals surface area contributed by atoms with Crippen LogP contribution in [-0.4, -0.2) is 15.8 Å². The van der Waals surface area contributed by atoms with E-state index < -0.39 is 10.8 Å². The molecule has 1 aromatic heterocycles. The number of nitro groups is 1. The van der Waals surface area contributed by atoms with Crippen LogP contribution in [0.2, 0.25) is 10.2 Å². The summed E-state index contributed by atoms with van der Waals surface area (Å²) in [6, 6.07) is 5.52. The zero-order valence-electron chi connectivity index (χ0n) is 10.1. The Hall–Kier alpha value is -1.70. The van der Waals surface area contributed by atoms with E-state index in [1.54, 1.807) is 0 Å². The first-order chi connectivity index (χ1) is 9.88. The van der Waals surface area contributed by atoms with Gasteiger partial charge in [-0.05, 0) is 34.1 Å². The number of hydrogen-bond acceptors (Lipinski definition) is 4. The standard InChI is InChI=1S/C12H6BrCl2N3O3/c13-8-4-7(1-2-10(8)18(20)21)17-12(19)6-3-9(14)11(15)16-5-6/h1-5H,(H,17,19). The predicted octanol–water partition coefficient (Wildman–Crippen LogP) is 4.31. The Bertz CT molecular complexity index is 740. The van der Waals surface area contributed by atoms with Crippen LogP contribution < -0.4 is 5.32 Å². The second-order valence-corrected chi connectivity index (χ2v) is 5.49. The van der Waals surface area contributed by atoms with Gasteiger partial charge in [0.1, 0.15) is 5.15 Å². The molecule has 0 bridgehead atoms. The molecule has 0 saturated heterocycles. The van der Waals surface area contributed by atoms with Crippen molar-refractivity contribution >= 4 is 56.4 Å². The van der Waals surface area contributed by atoms with Crippen molar-refractivity contribution in [2.75, 3.05) is 5.32 Å². The summed E-state index contributed by atoms with van der Waals surface area (Å²) >= 11 is 14.5. The van der Waals surface area contributed by atoms with Gasteiger partial charge in [-0.15, -0.1) is 0 Å². The number of carbonyl (C=O) groups excluding carboxylic acids is 1. The Morgan fingerprint density at radius 1 is 1.33 bits per heavy atom. The molecule has 0 saturated carbocycles. The van der Waals surface area contributed by atoms with Gasteiger partial charge in [0, 0.05) is 18.0 Å². The van der Waals surface area contributed by atoms with Crippen LogP contribution in [-0.2, 0) is 0 Å². The van der Waals surface area contributed by atoms with E-state index in [2.05, 4.69) is 26.2 Å². The number of benzene rings is 1. The quantitative estimate of drug-likeness (QED) is 0.480. The first-order valence-electron chi connectivity index (χ1n) is 5.45. The Balaban J connectivity index is 2.21. The van der Waals surface area contributed by atoms with Gasteiger partial charge in [0.25, 0.3) is 11.6 Å². The fourth-order valence-electron chi connectivity index (χ4n) is 1.48. The fraction of sp³-hybridized carbons (Fsp3) is 0. The van der Waals surface area contributed by atoms with E-state index in [0.717, 1.165) is 0 Å². The monoisotopic (exact) mass is 389 g/mol. The minimum Gasteiger partial charge on any atom is -0.322 e. The number of anilines is 1. The van der Waals surface area contributed by atoms with Crippen LogP contribution in [0.3, 0.4) is 0 Å². The molecular formula is C12H6BrCl2N3O3. The first-order valence-corrected chi connectivity index (χ1v) is 6.99. The zero-order chi connectivity index (χ0) is 15.6. The summed E-state index contributed by atoms with van der Waals surface area (Å²) in [5.74, 6) is -0.457. The number of amides is 1. The van der Waals surface area contributed by atoms with Crippen molar-refractivity contribution in [3.63, 3.8) is 0 Å². The number of nitro benzene ring substituents is 1. The van der Waals surface area contributed by atoms with Crippen LogP contribution in [0.25, 0.3) is 0 Å². The van der Waals surface area contributed by atoms with Crippen molar-refractivity contribution in [3.05, 3.63) is 60.8 Å². The Morgan fingerprint density at radius 2 is 2.05 bits per heavy atom. The van der Waals surface area contributed by atoms with Crippen LogP contribution in [0, 0.1) is 10.1 Å². The summed E-state index contributed by atoms with van der Waals surface area (Å²) < 4.78 is 0.262. The van der Waals surface area contributed by atoms with E-state index in [9.17, 15) is 14.9 Å². The molecule has 6 nitrogen and oxygen atoms in total. The molecule has 0 aliphatic heterocycles. The highest BCUT2D eigenvalue weighted by atomic mass is 79.9. The molecule has 9 heteroatoms. The molecule has 1 heterocycles. The SMILES string of the molecule is O=C(Nc1ccc([N+](=O)[O-])c(Br)c1)c1cnc(Cl)c(Cl)c1. The second-order valence-electron chi connectivity index (χ2n) is 3.87. The molecule has 0 atom stereocenters. The maximum absolute atomic E-state index is 12.0. The van der Waals surface area contributed by atoms with Gasteiger partial charge < -0.3 is 5.32 Å². The van der Waals surface area contributed by atoms with Crippen molar-refractivity contribution in [1.82, 2.24) is 4.98 Å². The summed E-state index contributed by atoms with van der Waals surface area (Å²) in [4.78, 5) is 25.9. The van der Waals surface area contributed by atoms with Crippen molar-refractivity contribution in [2.45, 2.75) is 0 Å². The molecule has 1 amide bonds. The molecule has 0 unspecified atom stereocenters. The highest BCUT2D eigenvalue weighted by Crippen LogP contribution is 2.28. The van der Waals surface area contributed by atoms with Gasteiger partial charge in [-0.2, -0.15) is 0 Å². The fourth-order valence-corrected chi connectivity index (χ4v) is 2.27. The normalized spacial score (nSPS) is 10.2. The van der Waals surface area contributed by atoms with Crippen molar-refractivity contribution in [2.24, 2.45) is 0 Å². The Labute approximate surface area is 137 Å². The van der Waals surface area contributed by atoms with E-state index in [1.807, 2.05) is 0 Å². The average molecular weight is 391 g/mol. The third kappa shape index (κ3) is 3.69. The molecule has 0 aliphatic rings. The third-order valence-electron chi connectivity index (χ3n) is 2.46. The van der Waals surface area contributed by atoms with Gasteiger partial charge in [0.05, 0.1) is 20.0 Å². The predicted molar refractivity (Wildman–Crippen MR) is 83.0 cm³/mol. The molecule has 0 radical (unpaired) electrons. The van der Waals surface area contributed by atoms with E-state index in [4.69, 9.17) is 23.2 Å². The van der Waals surface area contributed by atoms with Gasteiger partial charge in [-0.25, -0.2) is 4.98 Å².